The van der Waals surface area contributed by atoms with Crippen LogP contribution in [0.4, 0.5) is 5.82 Å². The van der Waals surface area contributed by atoms with Crippen LogP contribution in [-0.2, 0) is 4.79 Å². The third-order valence-electron chi connectivity index (χ3n) is 2.45. The summed E-state index contributed by atoms with van der Waals surface area (Å²) in [6.45, 7) is -0.539. The Labute approximate surface area is 136 Å². The zero-order chi connectivity index (χ0) is 15.9. The van der Waals surface area contributed by atoms with E-state index in [1.807, 2.05) is 0 Å². The second kappa shape index (κ2) is 7.63. The molecule has 0 bridgehead atoms. The minimum absolute atomic E-state index is 0.325. The summed E-state index contributed by atoms with van der Waals surface area (Å²) in [5, 5.41) is 15.2. The van der Waals surface area contributed by atoms with Gasteiger partial charge in [-0.15, -0.1) is 0 Å². The highest BCUT2D eigenvalue weighted by atomic mass is 35.5. The summed E-state index contributed by atoms with van der Waals surface area (Å²) in [6, 6.07) is 8.35. The van der Waals surface area contributed by atoms with E-state index in [0.717, 1.165) is 0 Å². The molecule has 1 aromatic carbocycles. The molecule has 0 saturated carbocycles. The molecule has 0 fully saturated rings. The summed E-state index contributed by atoms with van der Waals surface area (Å²) in [4.78, 5) is 14.4. The first-order valence-electron chi connectivity index (χ1n) is 6.08. The van der Waals surface area contributed by atoms with Gasteiger partial charge in [-0.05, 0) is 18.2 Å². The Hall–Kier alpha value is -2.31. The number of halogens is 2. The SMILES string of the molecule is O=C([O-])COc1ccccc1/C=N\Nc1ncc(Cl)cc1Cl. The average molecular weight is 339 g/mol. The van der Waals surface area contributed by atoms with E-state index in [1.54, 1.807) is 24.3 Å². The van der Waals surface area contributed by atoms with Gasteiger partial charge in [-0.1, -0.05) is 35.3 Å². The van der Waals surface area contributed by atoms with Gasteiger partial charge in [0, 0.05) is 11.8 Å². The number of carbonyl (C=O) groups excluding carboxylic acids is 1. The fourth-order valence-corrected chi connectivity index (χ4v) is 1.94. The molecule has 0 amide bonds. The monoisotopic (exact) mass is 338 g/mol. The molecule has 1 heterocycles. The number of pyridine rings is 1. The zero-order valence-electron chi connectivity index (χ0n) is 11.1. The Kier molecular flexibility index (Phi) is 5.57. The van der Waals surface area contributed by atoms with Crippen LogP contribution >= 0.6 is 23.2 Å². The molecular weight excluding hydrogens is 329 g/mol. The molecule has 0 radical (unpaired) electrons. The van der Waals surface area contributed by atoms with Crippen molar-refractivity contribution < 1.29 is 14.6 Å². The van der Waals surface area contributed by atoms with Crippen LogP contribution in [0.15, 0.2) is 41.6 Å². The van der Waals surface area contributed by atoms with Crippen LogP contribution < -0.4 is 15.3 Å². The maximum Gasteiger partial charge on any atom is 0.165 e. The molecule has 2 rings (SSSR count). The maximum atomic E-state index is 10.4. The smallest absolute Gasteiger partial charge is 0.165 e. The summed E-state index contributed by atoms with van der Waals surface area (Å²) < 4.78 is 5.10. The van der Waals surface area contributed by atoms with Gasteiger partial charge in [-0.25, -0.2) is 4.98 Å². The molecule has 0 saturated heterocycles. The van der Waals surface area contributed by atoms with Crippen LogP contribution in [-0.4, -0.2) is 23.8 Å². The van der Waals surface area contributed by atoms with E-state index in [9.17, 15) is 9.90 Å². The number of hydrogen-bond acceptors (Lipinski definition) is 6. The van der Waals surface area contributed by atoms with Crippen molar-refractivity contribution in [1.29, 1.82) is 0 Å². The molecule has 0 unspecified atom stereocenters. The van der Waals surface area contributed by atoms with Crippen molar-refractivity contribution in [1.82, 2.24) is 4.98 Å². The van der Waals surface area contributed by atoms with Crippen molar-refractivity contribution in [3.05, 3.63) is 52.1 Å². The van der Waals surface area contributed by atoms with Gasteiger partial charge in [0.1, 0.15) is 12.4 Å². The fourth-order valence-electron chi connectivity index (χ4n) is 1.52. The van der Waals surface area contributed by atoms with E-state index >= 15 is 0 Å². The Morgan fingerprint density at radius 3 is 2.91 bits per heavy atom. The number of ether oxygens (including phenoxy) is 1. The molecule has 114 valence electrons. The molecule has 0 aliphatic heterocycles. The molecule has 0 atom stereocenters. The van der Waals surface area contributed by atoms with Gasteiger partial charge < -0.3 is 14.6 Å². The number of carbonyl (C=O) groups is 1. The first kappa shape index (κ1) is 16.1. The molecule has 8 heteroatoms. The van der Waals surface area contributed by atoms with Crippen molar-refractivity contribution in [2.24, 2.45) is 5.10 Å². The number of carboxylic acid groups (broad SMARTS) is 1. The molecule has 1 aromatic heterocycles. The molecule has 6 nitrogen and oxygen atoms in total. The van der Waals surface area contributed by atoms with Gasteiger partial charge >= 0.3 is 0 Å². The lowest BCUT2D eigenvalue weighted by Gasteiger charge is -2.09. The minimum Gasteiger partial charge on any atom is -0.546 e. The van der Waals surface area contributed by atoms with Gasteiger partial charge in [0.05, 0.1) is 22.2 Å². The number of anilines is 1. The average Bonchev–Trinajstić information content (AvgIpc) is 2.48. The maximum absolute atomic E-state index is 10.4. The minimum atomic E-state index is -1.30. The van der Waals surface area contributed by atoms with Gasteiger partial charge in [0.2, 0.25) is 0 Å². The van der Waals surface area contributed by atoms with E-state index in [4.69, 9.17) is 27.9 Å². The van der Waals surface area contributed by atoms with Crippen LogP contribution in [0.5, 0.6) is 5.75 Å². The summed E-state index contributed by atoms with van der Waals surface area (Å²) >= 11 is 11.7. The van der Waals surface area contributed by atoms with Crippen molar-refractivity contribution >= 4 is 41.2 Å². The quantitative estimate of drug-likeness (QED) is 0.642. The van der Waals surface area contributed by atoms with Crippen LogP contribution in [0.25, 0.3) is 0 Å². The Morgan fingerprint density at radius 2 is 2.18 bits per heavy atom. The number of para-hydroxylation sites is 1. The molecule has 0 aliphatic rings. The molecule has 2 aromatic rings. The normalized spacial score (nSPS) is 10.6. The Balaban J connectivity index is 2.08. The Morgan fingerprint density at radius 1 is 1.41 bits per heavy atom. The predicted octanol–water partition coefficient (Wildman–Crippen LogP) is 1.96. The van der Waals surface area contributed by atoms with E-state index < -0.39 is 12.6 Å². The molecule has 0 aliphatic carbocycles. The van der Waals surface area contributed by atoms with E-state index in [2.05, 4.69) is 15.5 Å². The lowest BCUT2D eigenvalue weighted by Crippen LogP contribution is -2.29. The number of aliphatic carboxylic acids is 1. The van der Waals surface area contributed by atoms with E-state index in [1.165, 1.54) is 18.5 Å². The van der Waals surface area contributed by atoms with Gasteiger partial charge in [0.25, 0.3) is 0 Å². The fraction of sp³-hybridized carbons (Fsp3) is 0.0714. The standard InChI is InChI=1S/C14H11Cl2N3O3/c15-10-5-11(16)14(17-7-10)19-18-6-9-3-1-2-4-12(9)22-8-13(20)21/h1-7H,8H2,(H,17,19)(H,20,21)/p-1/b18-6-. The third-order valence-corrected chi connectivity index (χ3v) is 2.94. The highest BCUT2D eigenvalue weighted by molar-refractivity contribution is 6.35. The van der Waals surface area contributed by atoms with E-state index in [0.29, 0.717) is 27.2 Å². The summed E-state index contributed by atoms with van der Waals surface area (Å²) in [5.74, 6) is -0.593. The van der Waals surface area contributed by atoms with Crippen LogP contribution in [0.3, 0.4) is 0 Å². The zero-order valence-corrected chi connectivity index (χ0v) is 12.6. The second-order valence-corrected chi connectivity index (χ2v) is 4.90. The molecule has 1 N–H and O–H groups in total. The number of hydrazone groups is 1. The number of benzene rings is 1. The van der Waals surface area contributed by atoms with Crippen LogP contribution in [0, 0.1) is 0 Å². The van der Waals surface area contributed by atoms with Crippen molar-refractivity contribution in [3.8, 4) is 5.75 Å². The number of rotatable bonds is 6. The number of hydrogen-bond donors (Lipinski definition) is 1. The number of nitrogens with one attached hydrogen (secondary N) is 1. The van der Waals surface area contributed by atoms with Gasteiger partial charge in [0.15, 0.2) is 5.82 Å². The first-order chi connectivity index (χ1) is 10.6. The number of aromatic nitrogens is 1. The summed E-state index contributed by atoms with van der Waals surface area (Å²) in [7, 11) is 0. The van der Waals surface area contributed by atoms with Crippen molar-refractivity contribution in [2.75, 3.05) is 12.0 Å². The third kappa shape index (κ3) is 4.61. The summed E-state index contributed by atoms with van der Waals surface area (Å²) in [6.07, 6.45) is 2.89. The lowest BCUT2D eigenvalue weighted by atomic mass is 10.2. The molecule has 0 spiro atoms. The number of carboxylic acids is 1. The van der Waals surface area contributed by atoms with Crippen molar-refractivity contribution in [2.45, 2.75) is 0 Å². The van der Waals surface area contributed by atoms with E-state index in [-0.39, 0.29) is 0 Å². The molecular formula is C14H10Cl2N3O3-. The van der Waals surface area contributed by atoms with Gasteiger partial charge in [-0.2, -0.15) is 5.10 Å². The van der Waals surface area contributed by atoms with Crippen molar-refractivity contribution in [3.63, 3.8) is 0 Å². The Bertz CT molecular complexity index is 707. The lowest BCUT2D eigenvalue weighted by molar-refractivity contribution is -0.307. The van der Waals surface area contributed by atoms with Crippen LogP contribution in [0.1, 0.15) is 5.56 Å². The topological polar surface area (TPSA) is 86.6 Å². The predicted molar refractivity (Wildman–Crippen MR) is 82.4 cm³/mol. The van der Waals surface area contributed by atoms with Crippen LogP contribution in [0.2, 0.25) is 10.0 Å². The number of nitrogens with zero attached hydrogens (tertiary/aromatic N) is 2. The molecule has 22 heavy (non-hydrogen) atoms. The largest absolute Gasteiger partial charge is 0.546 e. The first-order valence-corrected chi connectivity index (χ1v) is 6.83. The summed E-state index contributed by atoms with van der Waals surface area (Å²) in [5.41, 5.74) is 3.25. The highest BCUT2D eigenvalue weighted by Crippen LogP contribution is 2.22. The second-order valence-electron chi connectivity index (χ2n) is 4.05. The van der Waals surface area contributed by atoms with Gasteiger partial charge in [-0.3, -0.25) is 5.43 Å². The highest BCUT2D eigenvalue weighted by Gasteiger charge is 2.02.